The van der Waals surface area contributed by atoms with Crippen LogP contribution >= 0.6 is 0 Å². The minimum absolute atomic E-state index is 0.00768. The number of carbonyl (C=O) groups is 1. The number of tetrazole rings is 1. The summed E-state index contributed by atoms with van der Waals surface area (Å²) in [6.07, 6.45) is 5.76. The number of piperidine rings is 1. The number of aromatic nitrogens is 6. The molecule has 1 atom stereocenters. The Kier molecular flexibility index (Phi) is 4.88. The van der Waals surface area contributed by atoms with Crippen LogP contribution in [0.2, 0.25) is 0 Å². The van der Waals surface area contributed by atoms with E-state index < -0.39 is 0 Å². The molecule has 0 unspecified atom stereocenters. The Morgan fingerprint density at radius 2 is 1.93 bits per heavy atom. The lowest BCUT2D eigenvalue weighted by Gasteiger charge is -2.33. The quantitative estimate of drug-likeness (QED) is 0.706. The number of rotatable bonds is 4. The smallest absolute Gasteiger partial charge is 0.246 e. The van der Waals surface area contributed by atoms with E-state index >= 15 is 0 Å². The molecule has 1 N–H and O–H groups in total. The second-order valence-electron chi connectivity index (χ2n) is 7.38. The topological polar surface area (TPSA) is 116 Å². The normalized spacial score (nSPS) is 19.4. The summed E-state index contributed by atoms with van der Waals surface area (Å²) in [6, 6.07) is 11.8. The molecule has 0 aliphatic carbocycles. The van der Waals surface area contributed by atoms with Crippen molar-refractivity contribution in [3.05, 3.63) is 48.2 Å². The van der Waals surface area contributed by atoms with E-state index in [-0.39, 0.29) is 17.9 Å². The third-order valence-corrected chi connectivity index (χ3v) is 5.58. The molecule has 30 heavy (non-hydrogen) atoms. The van der Waals surface area contributed by atoms with E-state index in [1.165, 1.54) is 0 Å². The fraction of sp³-hybridized carbons (Fsp3) is 0.350. The van der Waals surface area contributed by atoms with E-state index in [4.69, 9.17) is 0 Å². The summed E-state index contributed by atoms with van der Waals surface area (Å²) in [7, 11) is 0. The molecule has 0 bridgehead atoms. The molecule has 10 heteroatoms. The van der Waals surface area contributed by atoms with Crippen molar-refractivity contribution >= 4 is 18.1 Å². The number of benzene rings is 1. The lowest BCUT2D eigenvalue weighted by atomic mass is 9.94. The highest BCUT2D eigenvalue weighted by atomic mass is 16.2. The summed E-state index contributed by atoms with van der Waals surface area (Å²) in [6.45, 7) is 1.42. The zero-order chi connectivity index (χ0) is 20.3. The first-order chi connectivity index (χ1) is 14.8. The molecule has 0 radical (unpaired) electrons. The van der Waals surface area contributed by atoms with Crippen molar-refractivity contribution in [1.82, 2.24) is 35.6 Å². The Morgan fingerprint density at radius 3 is 2.70 bits per heavy atom. The van der Waals surface area contributed by atoms with Crippen molar-refractivity contribution < 1.29 is 4.79 Å². The van der Waals surface area contributed by atoms with Crippen molar-refractivity contribution in [3.8, 4) is 11.5 Å². The number of carbonyl (C=O) groups excluding carboxylic acids is 1. The van der Waals surface area contributed by atoms with Gasteiger partial charge in [0.1, 0.15) is 5.69 Å². The van der Waals surface area contributed by atoms with Crippen LogP contribution in [0.1, 0.15) is 30.9 Å². The fourth-order valence-corrected chi connectivity index (χ4v) is 3.99. The Bertz CT molecular complexity index is 1030. The number of amides is 1. The van der Waals surface area contributed by atoms with Crippen LogP contribution in [0.4, 0.5) is 5.95 Å². The first kappa shape index (κ1) is 18.3. The standard InChI is InChI=1S/C20H21N9O/c30-19(29-17(7-11-22-29)14-4-2-1-3-5-14)15-8-12-28(13-9-15)20-21-10-6-16(23-20)18-24-26-27-25-18/h1-6,10-11,15,17H,7-9,12-13H2,(H,24,25,26,27)/t17-/m0/s1. The molecule has 1 aromatic carbocycles. The highest BCUT2D eigenvalue weighted by Crippen LogP contribution is 2.32. The van der Waals surface area contributed by atoms with Crippen LogP contribution in [0.5, 0.6) is 0 Å². The lowest BCUT2D eigenvalue weighted by Crippen LogP contribution is -2.41. The van der Waals surface area contributed by atoms with Gasteiger partial charge in [-0.1, -0.05) is 30.3 Å². The van der Waals surface area contributed by atoms with Gasteiger partial charge in [0.25, 0.3) is 0 Å². The molecule has 4 heterocycles. The zero-order valence-electron chi connectivity index (χ0n) is 16.3. The summed E-state index contributed by atoms with van der Waals surface area (Å²) in [5.41, 5.74) is 1.73. The average Bonchev–Trinajstić information content (AvgIpc) is 3.52. The average molecular weight is 403 g/mol. The van der Waals surface area contributed by atoms with Gasteiger partial charge in [0.05, 0.1) is 6.04 Å². The van der Waals surface area contributed by atoms with E-state index in [1.807, 2.05) is 24.4 Å². The zero-order valence-corrected chi connectivity index (χ0v) is 16.3. The van der Waals surface area contributed by atoms with E-state index in [1.54, 1.807) is 17.3 Å². The Labute approximate surface area is 173 Å². The van der Waals surface area contributed by atoms with Gasteiger partial charge in [0.2, 0.25) is 17.7 Å². The number of nitrogens with zero attached hydrogens (tertiary/aromatic N) is 8. The molecule has 2 aliphatic heterocycles. The molecular formula is C20H21N9O. The molecule has 152 valence electrons. The predicted octanol–water partition coefficient (Wildman–Crippen LogP) is 1.83. The fourth-order valence-electron chi connectivity index (χ4n) is 3.99. The van der Waals surface area contributed by atoms with E-state index in [0.29, 0.717) is 30.6 Å². The van der Waals surface area contributed by atoms with Crippen LogP contribution < -0.4 is 4.90 Å². The molecule has 1 saturated heterocycles. The second kappa shape index (κ2) is 7.97. The maximum atomic E-state index is 13.2. The maximum absolute atomic E-state index is 13.2. The van der Waals surface area contributed by atoms with Gasteiger partial charge in [-0.05, 0) is 29.7 Å². The molecule has 1 fully saturated rings. The number of hydrogen-bond donors (Lipinski definition) is 1. The molecule has 5 rings (SSSR count). The van der Waals surface area contributed by atoms with Crippen LogP contribution in [-0.4, -0.2) is 60.8 Å². The molecule has 0 spiro atoms. The first-order valence-electron chi connectivity index (χ1n) is 10.0. The highest BCUT2D eigenvalue weighted by Gasteiger charge is 2.35. The van der Waals surface area contributed by atoms with Crippen molar-refractivity contribution in [2.24, 2.45) is 11.0 Å². The van der Waals surface area contributed by atoms with E-state index in [2.05, 4.69) is 52.7 Å². The van der Waals surface area contributed by atoms with Gasteiger partial charge < -0.3 is 4.90 Å². The monoisotopic (exact) mass is 403 g/mol. The molecule has 1 amide bonds. The van der Waals surface area contributed by atoms with Gasteiger partial charge >= 0.3 is 0 Å². The van der Waals surface area contributed by atoms with Gasteiger partial charge in [-0.3, -0.25) is 4.79 Å². The van der Waals surface area contributed by atoms with Crippen LogP contribution in [0.15, 0.2) is 47.7 Å². The molecule has 2 aliphatic rings. The van der Waals surface area contributed by atoms with Crippen molar-refractivity contribution in [2.45, 2.75) is 25.3 Å². The van der Waals surface area contributed by atoms with Gasteiger partial charge in [-0.2, -0.15) is 10.3 Å². The second-order valence-corrected chi connectivity index (χ2v) is 7.38. The number of hydrogen-bond acceptors (Lipinski definition) is 8. The summed E-state index contributed by atoms with van der Waals surface area (Å²) in [5.74, 6) is 1.09. The lowest BCUT2D eigenvalue weighted by molar-refractivity contribution is -0.138. The summed E-state index contributed by atoms with van der Waals surface area (Å²) in [5, 5.41) is 20.0. The summed E-state index contributed by atoms with van der Waals surface area (Å²) in [4.78, 5) is 24.2. The van der Waals surface area contributed by atoms with Crippen LogP contribution in [-0.2, 0) is 4.79 Å². The third kappa shape index (κ3) is 3.51. The Balaban J connectivity index is 1.24. The van der Waals surface area contributed by atoms with Crippen LogP contribution in [0.3, 0.4) is 0 Å². The Morgan fingerprint density at radius 1 is 1.10 bits per heavy atom. The molecule has 0 saturated carbocycles. The molecule has 10 nitrogen and oxygen atoms in total. The highest BCUT2D eigenvalue weighted by molar-refractivity contribution is 5.82. The van der Waals surface area contributed by atoms with E-state index in [0.717, 1.165) is 24.8 Å². The number of hydrazone groups is 1. The molecule has 2 aromatic heterocycles. The van der Waals surface area contributed by atoms with Gasteiger partial charge in [0, 0.05) is 37.8 Å². The van der Waals surface area contributed by atoms with Crippen molar-refractivity contribution in [2.75, 3.05) is 18.0 Å². The van der Waals surface area contributed by atoms with Crippen LogP contribution in [0, 0.1) is 5.92 Å². The summed E-state index contributed by atoms with van der Waals surface area (Å²) >= 11 is 0. The third-order valence-electron chi connectivity index (χ3n) is 5.58. The SMILES string of the molecule is O=C(C1CCN(c2nccc(-c3nn[nH]n3)n2)CC1)N1N=CC[C@H]1c1ccccc1. The molecule has 3 aromatic rings. The first-order valence-corrected chi connectivity index (χ1v) is 10.0. The maximum Gasteiger partial charge on any atom is 0.246 e. The van der Waals surface area contributed by atoms with E-state index in [9.17, 15) is 4.79 Å². The van der Waals surface area contributed by atoms with Gasteiger partial charge in [0.15, 0.2) is 0 Å². The van der Waals surface area contributed by atoms with Crippen LogP contribution in [0.25, 0.3) is 11.5 Å². The number of H-pyrrole nitrogens is 1. The van der Waals surface area contributed by atoms with Crippen molar-refractivity contribution in [1.29, 1.82) is 0 Å². The van der Waals surface area contributed by atoms with Gasteiger partial charge in [-0.15, -0.1) is 10.2 Å². The summed E-state index contributed by atoms with van der Waals surface area (Å²) < 4.78 is 0. The Hall–Kier alpha value is -3.69. The predicted molar refractivity (Wildman–Crippen MR) is 109 cm³/mol. The van der Waals surface area contributed by atoms with Gasteiger partial charge in [-0.25, -0.2) is 15.0 Å². The van der Waals surface area contributed by atoms with Crippen molar-refractivity contribution in [3.63, 3.8) is 0 Å². The minimum Gasteiger partial charge on any atom is -0.341 e. The minimum atomic E-state index is -0.0527. The molecular weight excluding hydrogens is 382 g/mol. The number of anilines is 1. The largest absolute Gasteiger partial charge is 0.341 e. The number of nitrogens with one attached hydrogen (secondary N) is 1. The number of aromatic amines is 1.